The molecule has 2 N–H and O–H groups in total. The first kappa shape index (κ1) is 16.7. The van der Waals surface area contributed by atoms with Crippen molar-refractivity contribution in [2.24, 2.45) is 0 Å². The van der Waals surface area contributed by atoms with Crippen LogP contribution in [0.1, 0.15) is 13.8 Å². The highest BCUT2D eigenvalue weighted by Crippen LogP contribution is 2.10. The molecule has 0 aliphatic heterocycles. The van der Waals surface area contributed by atoms with E-state index in [2.05, 4.69) is 9.71 Å². The molecule has 7 nitrogen and oxygen atoms in total. The summed E-state index contributed by atoms with van der Waals surface area (Å²) >= 11 is 5.57. The van der Waals surface area contributed by atoms with Gasteiger partial charge in [-0.3, -0.25) is 9.59 Å². The maximum Gasteiger partial charge on any atom is 0.266 e. The van der Waals surface area contributed by atoms with Crippen LogP contribution in [0.5, 0.6) is 0 Å². The molecule has 0 fully saturated rings. The Kier molecular flexibility index (Phi) is 5.73. The number of aromatic amines is 1. The molecule has 0 aliphatic carbocycles. The molecule has 9 heteroatoms. The molecule has 0 saturated carbocycles. The van der Waals surface area contributed by atoms with Crippen LogP contribution in [-0.4, -0.2) is 43.8 Å². The minimum Gasteiger partial charge on any atom is -0.342 e. The van der Waals surface area contributed by atoms with Crippen LogP contribution in [0.3, 0.4) is 0 Å². The summed E-state index contributed by atoms with van der Waals surface area (Å²) in [6.45, 7) is 4.26. The van der Waals surface area contributed by atoms with E-state index in [1.54, 1.807) is 13.8 Å². The van der Waals surface area contributed by atoms with Crippen LogP contribution >= 0.6 is 11.6 Å². The zero-order chi connectivity index (χ0) is 15.3. The monoisotopic (exact) mass is 321 g/mol. The van der Waals surface area contributed by atoms with Crippen LogP contribution in [-0.2, 0) is 14.8 Å². The van der Waals surface area contributed by atoms with E-state index in [1.807, 2.05) is 0 Å². The molecule has 1 aromatic heterocycles. The first-order valence-electron chi connectivity index (χ1n) is 5.97. The summed E-state index contributed by atoms with van der Waals surface area (Å²) in [6, 6.07) is 1.03. The zero-order valence-corrected chi connectivity index (χ0v) is 12.7. The Bertz CT molecular complexity index is 637. The molecule has 0 bridgehead atoms. The summed E-state index contributed by atoms with van der Waals surface area (Å²) in [4.78, 5) is 26.3. The SMILES string of the molecule is CCN(CC)C(=O)CNS(=O)(=O)c1c[nH]c(=O)c(Cl)c1. The lowest BCUT2D eigenvalue weighted by atomic mass is 10.4. The molecule has 0 unspecified atom stereocenters. The number of carbonyl (C=O) groups is 1. The maximum atomic E-state index is 11.9. The number of halogens is 1. The first-order valence-corrected chi connectivity index (χ1v) is 7.83. The standard InChI is InChI=1S/C11H16ClN3O4S/c1-3-15(4-2)10(16)7-14-20(18,19)8-5-9(12)11(17)13-6-8/h5-6,14H,3-4,7H2,1-2H3,(H,13,17). The highest BCUT2D eigenvalue weighted by molar-refractivity contribution is 7.89. The number of hydrogen-bond donors (Lipinski definition) is 2. The van der Waals surface area contributed by atoms with E-state index in [1.165, 1.54) is 4.90 Å². The number of amides is 1. The van der Waals surface area contributed by atoms with E-state index < -0.39 is 15.6 Å². The van der Waals surface area contributed by atoms with Crippen molar-refractivity contribution in [3.8, 4) is 0 Å². The van der Waals surface area contributed by atoms with E-state index in [-0.39, 0.29) is 22.4 Å². The lowest BCUT2D eigenvalue weighted by molar-refractivity contribution is -0.129. The van der Waals surface area contributed by atoms with Crippen molar-refractivity contribution in [3.05, 3.63) is 27.6 Å². The van der Waals surface area contributed by atoms with Gasteiger partial charge in [-0.1, -0.05) is 11.6 Å². The number of likely N-dealkylation sites (N-methyl/N-ethyl adjacent to an activating group) is 1. The average Bonchev–Trinajstić information content (AvgIpc) is 2.41. The number of nitrogens with zero attached hydrogens (tertiary/aromatic N) is 1. The third-order valence-corrected chi connectivity index (χ3v) is 4.33. The second-order valence-electron chi connectivity index (χ2n) is 3.90. The second-order valence-corrected chi connectivity index (χ2v) is 6.08. The third-order valence-electron chi connectivity index (χ3n) is 2.67. The van der Waals surface area contributed by atoms with E-state index >= 15 is 0 Å². The van der Waals surface area contributed by atoms with E-state index in [0.717, 1.165) is 12.3 Å². The number of hydrogen-bond acceptors (Lipinski definition) is 4. The fraction of sp³-hybridized carbons (Fsp3) is 0.455. The molecule has 1 aromatic rings. The van der Waals surface area contributed by atoms with Crippen LogP contribution in [0.2, 0.25) is 5.02 Å². The van der Waals surface area contributed by atoms with E-state index in [0.29, 0.717) is 13.1 Å². The molecule has 0 aliphatic rings. The van der Waals surface area contributed by atoms with Crippen LogP contribution in [0.25, 0.3) is 0 Å². The number of pyridine rings is 1. The summed E-state index contributed by atoms with van der Waals surface area (Å²) in [5, 5.41) is -0.233. The van der Waals surface area contributed by atoms with Crippen molar-refractivity contribution < 1.29 is 13.2 Å². The summed E-state index contributed by atoms with van der Waals surface area (Å²) < 4.78 is 26.0. The molecule has 112 valence electrons. The van der Waals surface area contributed by atoms with Crippen molar-refractivity contribution in [3.63, 3.8) is 0 Å². The van der Waals surface area contributed by atoms with Gasteiger partial charge in [0.1, 0.15) is 5.02 Å². The fourth-order valence-corrected chi connectivity index (χ4v) is 2.73. The predicted molar refractivity (Wildman–Crippen MR) is 75.2 cm³/mol. The molecule has 0 radical (unpaired) electrons. The van der Waals surface area contributed by atoms with Gasteiger partial charge in [0.2, 0.25) is 15.9 Å². The Balaban J connectivity index is 2.83. The van der Waals surface area contributed by atoms with Crippen LogP contribution in [0, 0.1) is 0 Å². The van der Waals surface area contributed by atoms with Gasteiger partial charge >= 0.3 is 0 Å². The van der Waals surface area contributed by atoms with Crippen molar-refractivity contribution in [2.75, 3.05) is 19.6 Å². The molecule has 1 amide bonds. The number of H-pyrrole nitrogens is 1. The first-order chi connectivity index (χ1) is 9.31. The largest absolute Gasteiger partial charge is 0.342 e. The fourth-order valence-electron chi connectivity index (χ4n) is 1.52. The number of aromatic nitrogens is 1. The molecule has 0 aromatic carbocycles. The summed E-state index contributed by atoms with van der Waals surface area (Å²) in [5.41, 5.74) is -0.579. The number of sulfonamides is 1. The Morgan fingerprint density at radius 3 is 2.50 bits per heavy atom. The van der Waals surface area contributed by atoms with Crippen LogP contribution < -0.4 is 10.3 Å². The maximum absolute atomic E-state index is 11.9. The van der Waals surface area contributed by atoms with Gasteiger partial charge in [-0.25, -0.2) is 13.1 Å². The normalized spacial score (nSPS) is 11.3. The predicted octanol–water partition coefficient (Wildman–Crippen LogP) is 0.175. The molecule has 1 heterocycles. The van der Waals surface area contributed by atoms with Crippen LogP contribution in [0.15, 0.2) is 22.0 Å². The number of rotatable bonds is 6. The van der Waals surface area contributed by atoms with Crippen LogP contribution in [0.4, 0.5) is 0 Å². The minimum atomic E-state index is -3.90. The zero-order valence-electron chi connectivity index (χ0n) is 11.1. The lowest BCUT2D eigenvalue weighted by Crippen LogP contribution is -2.40. The molecule has 0 saturated heterocycles. The van der Waals surface area contributed by atoms with Gasteiger partial charge in [0, 0.05) is 19.3 Å². The molecular formula is C11H16ClN3O4S. The second kappa shape index (κ2) is 6.87. The van der Waals surface area contributed by atoms with Gasteiger partial charge in [0.25, 0.3) is 5.56 Å². The van der Waals surface area contributed by atoms with E-state index in [4.69, 9.17) is 11.6 Å². The highest BCUT2D eigenvalue weighted by Gasteiger charge is 2.18. The Morgan fingerprint density at radius 2 is 2.00 bits per heavy atom. The van der Waals surface area contributed by atoms with Crippen molar-refractivity contribution in [1.82, 2.24) is 14.6 Å². The third kappa shape index (κ3) is 4.06. The summed E-state index contributed by atoms with van der Waals surface area (Å²) in [5.74, 6) is -0.325. The molecular weight excluding hydrogens is 306 g/mol. The molecule has 0 atom stereocenters. The Morgan fingerprint density at radius 1 is 1.40 bits per heavy atom. The minimum absolute atomic E-state index is 0.200. The molecule has 0 spiro atoms. The van der Waals surface area contributed by atoms with Gasteiger partial charge in [-0.2, -0.15) is 0 Å². The van der Waals surface area contributed by atoms with Gasteiger partial charge in [-0.05, 0) is 19.9 Å². The number of nitrogens with one attached hydrogen (secondary N) is 2. The van der Waals surface area contributed by atoms with Gasteiger partial charge in [0.05, 0.1) is 11.4 Å². The molecule has 20 heavy (non-hydrogen) atoms. The smallest absolute Gasteiger partial charge is 0.266 e. The topological polar surface area (TPSA) is 99.3 Å². The van der Waals surface area contributed by atoms with Crippen molar-refractivity contribution in [1.29, 1.82) is 0 Å². The number of carbonyl (C=O) groups excluding carboxylic acids is 1. The van der Waals surface area contributed by atoms with Gasteiger partial charge in [0.15, 0.2) is 0 Å². The van der Waals surface area contributed by atoms with Gasteiger partial charge in [-0.15, -0.1) is 0 Å². The summed E-state index contributed by atoms with van der Waals surface area (Å²) in [6.07, 6.45) is 1.03. The lowest BCUT2D eigenvalue weighted by Gasteiger charge is -2.18. The van der Waals surface area contributed by atoms with Crippen molar-refractivity contribution >= 4 is 27.5 Å². The molecule has 1 rings (SSSR count). The summed E-state index contributed by atoms with van der Waals surface area (Å²) in [7, 11) is -3.90. The quantitative estimate of drug-likeness (QED) is 0.780. The highest BCUT2D eigenvalue weighted by atomic mass is 35.5. The Hall–Kier alpha value is -1.38. The van der Waals surface area contributed by atoms with E-state index in [9.17, 15) is 18.0 Å². The van der Waals surface area contributed by atoms with Crippen molar-refractivity contribution in [2.45, 2.75) is 18.7 Å². The average molecular weight is 322 g/mol. The van der Waals surface area contributed by atoms with Gasteiger partial charge < -0.3 is 9.88 Å². The Labute approximate surface area is 122 Å².